The van der Waals surface area contributed by atoms with E-state index in [4.69, 9.17) is 10.2 Å². The zero-order chi connectivity index (χ0) is 7.11. The highest BCUT2D eigenvalue weighted by atomic mass is 16.3. The smallest absolute Gasteiger partial charge is 0.0956 e. The summed E-state index contributed by atoms with van der Waals surface area (Å²) in [5.74, 6) is 0. The Morgan fingerprint density at radius 3 is 2.33 bits per heavy atom. The van der Waals surface area contributed by atoms with Crippen LogP contribution in [0.1, 0.15) is 13.3 Å². The Hall–Kier alpha value is -0.120. The number of rotatable bonds is 5. The number of aliphatic hydroxyl groups is 2. The molecule has 9 heavy (non-hydrogen) atoms. The summed E-state index contributed by atoms with van der Waals surface area (Å²) in [4.78, 5) is 1.86. The first-order valence-electron chi connectivity index (χ1n) is 3.29. The second kappa shape index (κ2) is 6.01. The summed E-state index contributed by atoms with van der Waals surface area (Å²) in [7, 11) is 0. The van der Waals surface area contributed by atoms with Crippen molar-refractivity contribution in [3.63, 3.8) is 0 Å². The van der Waals surface area contributed by atoms with Crippen LogP contribution in [0, 0.1) is 0 Å². The largest absolute Gasteiger partial charge is 0.396 e. The lowest BCUT2D eigenvalue weighted by atomic mass is 10.4. The van der Waals surface area contributed by atoms with E-state index in [-0.39, 0.29) is 13.3 Å². The highest BCUT2D eigenvalue weighted by Gasteiger charge is 1.96. The molecule has 0 fully saturated rings. The molecule has 0 unspecified atom stereocenters. The summed E-state index contributed by atoms with van der Waals surface area (Å²) in [6, 6.07) is 0. The van der Waals surface area contributed by atoms with Gasteiger partial charge >= 0.3 is 0 Å². The van der Waals surface area contributed by atoms with Crippen molar-refractivity contribution in [2.24, 2.45) is 0 Å². The zero-order valence-corrected chi connectivity index (χ0v) is 5.88. The Bertz CT molecular complexity index is 55.0. The summed E-state index contributed by atoms with van der Waals surface area (Å²) in [6.45, 7) is 3.90. The molecule has 0 saturated heterocycles. The van der Waals surface area contributed by atoms with E-state index >= 15 is 0 Å². The average Bonchev–Trinajstić information content (AvgIpc) is 1.91. The Kier molecular flexibility index (Phi) is 5.93. The second-order valence-electron chi connectivity index (χ2n) is 1.93. The Morgan fingerprint density at radius 2 is 2.00 bits per heavy atom. The van der Waals surface area contributed by atoms with Crippen molar-refractivity contribution in [3.8, 4) is 0 Å². The lowest BCUT2D eigenvalue weighted by Crippen LogP contribution is -2.25. The van der Waals surface area contributed by atoms with Gasteiger partial charge in [-0.3, -0.25) is 4.90 Å². The van der Waals surface area contributed by atoms with Crippen LogP contribution in [0.15, 0.2) is 0 Å². The minimum atomic E-state index is 0.0938. The molecule has 0 aliphatic rings. The van der Waals surface area contributed by atoms with Gasteiger partial charge in [0.2, 0.25) is 0 Å². The second-order valence-corrected chi connectivity index (χ2v) is 1.93. The van der Waals surface area contributed by atoms with Gasteiger partial charge in [0, 0.05) is 13.2 Å². The summed E-state index contributed by atoms with van der Waals surface area (Å²) in [5, 5.41) is 17.0. The van der Waals surface area contributed by atoms with Crippen LogP contribution in [0.4, 0.5) is 0 Å². The van der Waals surface area contributed by atoms with Gasteiger partial charge in [0.15, 0.2) is 0 Å². The number of hydrogen-bond acceptors (Lipinski definition) is 3. The molecule has 0 radical (unpaired) electrons. The topological polar surface area (TPSA) is 43.7 Å². The van der Waals surface area contributed by atoms with Crippen molar-refractivity contribution in [1.29, 1.82) is 0 Å². The van der Waals surface area contributed by atoms with E-state index in [0.717, 1.165) is 19.5 Å². The van der Waals surface area contributed by atoms with Crippen molar-refractivity contribution >= 4 is 0 Å². The fraction of sp³-hybridized carbons (Fsp3) is 1.00. The number of aliphatic hydroxyl groups excluding tert-OH is 2. The van der Waals surface area contributed by atoms with Gasteiger partial charge in [-0.05, 0) is 13.0 Å². The third-order valence-corrected chi connectivity index (χ3v) is 1.28. The average molecular weight is 133 g/mol. The predicted molar refractivity (Wildman–Crippen MR) is 36.0 cm³/mol. The van der Waals surface area contributed by atoms with Gasteiger partial charge in [-0.1, -0.05) is 6.92 Å². The molecule has 0 bridgehead atoms. The number of hydrogen-bond donors (Lipinski definition) is 2. The molecule has 3 heteroatoms. The van der Waals surface area contributed by atoms with Crippen molar-refractivity contribution < 1.29 is 10.2 Å². The summed E-state index contributed by atoms with van der Waals surface area (Å²) < 4.78 is 0. The van der Waals surface area contributed by atoms with E-state index in [9.17, 15) is 0 Å². The van der Waals surface area contributed by atoms with Crippen LogP contribution in [-0.4, -0.2) is 41.5 Å². The molecule has 0 aromatic carbocycles. The van der Waals surface area contributed by atoms with Gasteiger partial charge in [0.25, 0.3) is 0 Å². The fourth-order valence-corrected chi connectivity index (χ4v) is 0.623. The molecule has 0 aromatic rings. The summed E-state index contributed by atoms with van der Waals surface area (Å²) >= 11 is 0. The predicted octanol–water partition coefficient (Wildman–Crippen LogP) is -0.359. The molecule has 0 atom stereocenters. The highest BCUT2D eigenvalue weighted by molar-refractivity contribution is 4.47. The molecule has 0 amide bonds. The van der Waals surface area contributed by atoms with Crippen molar-refractivity contribution in [3.05, 3.63) is 0 Å². The van der Waals surface area contributed by atoms with Crippen LogP contribution in [0.5, 0.6) is 0 Å². The zero-order valence-electron chi connectivity index (χ0n) is 5.88. The quantitative estimate of drug-likeness (QED) is 0.503. The van der Waals surface area contributed by atoms with Gasteiger partial charge < -0.3 is 10.2 Å². The van der Waals surface area contributed by atoms with E-state index < -0.39 is 0 Å². The van der Waals surface area contributed by atoms with E-state index in [1.165, 1.54) is 0 Å². The van der Waals surface area contributed by atoms with E-state index in [1.807, 2.05) is 11.8 Å². The lowest BCUT2D eigenvalue weighted by Gasteiger charge is -2.15. The van der Waals surface area contributed by atoms with Crippen molar-refractivity contribution in [2.75, 3.05) is 26.4 Å². The van der Waals surface area contributed by atoms with Crippen LogP contribution in [0.2, 0.25) is 0 Å². The molecular formula is C6H15NO2. The first-order chi connectivity index (χ1) is 4.35. The Morgan fingerprint density at radius 1 is 1.33 bits per heavy atom. The lowest BCUT2D eigenvalue weighted by molar-refractivity contribution is 0.105. The van der Waals surface area contributed by atoms with E-state index in [1.54, 1.807) is 0 Å². The van der Waals surface area contributed by atoms with Crippen LogP contribution in [0.25, 0.3) is 0 Å². The normalized spacial score (nSPS) is 10.7. The van der Waals surface area contributed by atoms with E-state index in [0.29, 0.717) is 0 Å². The molecule has 0 spiro atoms. The Balaban J connectivity index is 3.09. The van der Waals surface area contributed by atoms with Gasteiger partial charge in [0.05, 0.1) is 6.73 Å². The first-order valence-corrected chi connectivity index (χ1v) is 3.29. The van der Waals surface area contributed by atoms with Crippen molar-refractivity contribution in [2.45, 2.75) is 13.3 Å². The maximum Gasteiger partial charge on any atom is 0.0956 e. The van der Waals surface area contributed by atoms with Crippen LogP contribution >= 0.6 is 0 Å². The molecule has 3 nitrogen and oxygen atoms in total. The molecule has 0 saturated carbocycles. The van der Waals surface area contributed by atoms with Crippen LogP contribution < -0.4 is 0 Å². The SMILES string of the molecule is CCN(CO)CCCO. The molecule has 2 N–H and O–H groups in total. The van der Waals surface area contributed by atoms with Gasteiger partial charge in [0.1, 0.15) is 0 Å². The van der Waals surface area contributed by atoms with Crippen molar-refractivity contribution in [1.82, 2.24) is 4.90 Å². The monoisotopic (exact) mass is 133 g/mol. The number of nitrogens with zero attached hydrogens (tertiary/aromatic N) is 1. The molecule has 0 rings (SSSR count). The molecular weight excluding hydrogens is 118 g/mol. The molecule has 0 heterocycles. The molecule has 0 aliphatic heterocycles. The van der Waals surface area contributed by atoms with Crippen LogP contribution in [-0.2, 0) is 0 Å². The van der Waals surface area contributed by atoms with Crippen LogP contribution in [0.3, 0.4) is 0 Å². The minimum absolute atomic E-state index is 0.0938. The van der Waals surface area contributed by atoms with Gasteiger partial charge in [-0.25, -0.2) is 0 Å². The minimum Gasteiger partial charge on any atom is -0.396 e. The van der Waals surface area contributed by atoms with Gasteiger partial charge in [-0.2, -0.15) is 0 Å². The summed E-state index contributed by atoms with van der Waals surface area (Å²) in [5.41, 5.74) is 0. The molecule has 0 aliphatic carbocycles. The maximum atomic E-state index is 8.60. The van der Waals surface area contributed by atoms with E-state index in [2.05, 4.69) is 0 Å². The third kappa shape index (κ3) is 4.39. The van der Waals surface area contributed by atoms with Gasteiger partial charge in [-0.15, -0.1) is 0 Å². The summed E-state index contributed by atoms with van der Waals surface area (Å²) in [6.07, 6.45) is 0.744. The molecule has 0 aromatic heterocycles. The fourth-order valence-electron chi connectivity index (χ4n) is 0.623. The highest BCUT2D eigenvalue weighted by Crippen LogP contribution is 1.86. The first kappa shape index (κ1) is 8.88. The standard InChI is InChI=1S/C6H15NO2/c1-2-7(6-9)4-3-5-8/h8-9H,2-6H2,1H3. The maximum absolute atomic E-state index is 8.60. The third-order valence-electron chi connectivity index (χ3n) is 1.28. The Labute approximate surface area is 55.9 Å². The molecule has 56 valence electrons.